The fraction of sp³-hybridized carbons (Fsp3) is 0.200. The molecule has 0 aliphatic carbocycles. The second kappa shape index (κ2) is 5.34. The fourth-order valence-electron chi connectivity index (χ4n) is 1.87. The van der Waals surface area contributed by atoms with Gasteiger partial charge in [0, 0.05) is 19.3 Å². The highest BCUT2D eigenvalue weighted by Gasteiger charge is 2.30. The zero-order valence-corrected chi connectivity index (χ0v) is 10.5. The normalized spacial score (nSPS) is 11.4. The van der Waals surface area contributed by atoms with E-state index in [4.69, 9.17) is 0 Å². The first-order chi connectivity index (χ1) is 8.97. The molecule has 100 valence electrons. The van der Waals surface area contributed by atoms with E-state index >= 15 is 0 Å². The molecule has 0 unspecified atom stereocenters. The Kier molecular flexibility index (Phi) is 3.79. The Hall–Kier alpha value is -1.97. The van der Waals surface area contributed by atoms with E-state index in [0.717, 1.165) is 11.6 Å². The maximum Gasteiger partial charge on any atom is 0.416 e. The van der Waals surface area contributed by atoms with Crippen molar-refractivity contribution in [2.45, 2.75) is 12.7 Å². The first kappa shape index (κ1) is 13.5. The number of halogens is 3. The largest absolute Gasteiger partial charge is 0.416 e. The first-order valence-electron chi connectivity index (χ1n) is 5.89. The summed E-state index contributed by atoms with van der Waals surface area (Å²) < 4.78 is 37.9. The average Bonchev–Trinajstić information content (AvgIpc) is 2.39. The van der Waals surface area contributed by atoms with E-state index < -0.39 is 11.7 Å². The van der Waals surface area contributed by atoms with Gasteiger partial charge in [0.15, 0.2) is 0 Å². The van der Waals surface area contributed by atoms with Gasteiger partial charge in [-0.3, -0.25) is 0 Å². The molecule has 0 amide bonds. The number of alkyl halides is 3. The third-order valence-corrected chi connectivity index (χ3v) is 2.88. The first-order valence-corrected chi connectivity index (χ1v) is 5.89. The van der Waals surface area contributed by atoms with Crippen LogP contribution in [0.2, 0.25) is 0 Å². The molecule has 1 nitrogen and oxygen atoms in total. The monoisotopic (exact) mass is 265 g/mol. The molecule has 0 heterocycles. The summed E-state index contributed by atoms with van der Waals surface area (Å²) in [6.07, 6.45) is -4.30. The summed E-state index contributed by atoms with van der Waals surface area (Å²) in [7, 11) is 1.78. The van der Waals surface area contributed by atoms with E-state index in [0.29, 0.717) is 12.2 Å². The van der Waals surface area contributed by atoms with Crippen LogP contribution in [0.25, 0.3) is 0 Å². The lowest BCUT2D eigenvalue weighted by Gasteiger charge is -2.20. The van der Waals surface area contributed by atoms with Crippen molar-refractivity contribution in [3.05, 3.63) is 65.7 Å². The van der Waals surface area contributed by atoms with Crippen LogP contribution in [0.3, 0.4) is 0 Å². The van der Waals surface area contributed by atoms with Gasteiger partial charge < -0.3 is 4.90 Å². The van der Waals surface area contributed by atoms with Gasteiger partial charge in [-0.1, -0.05) is 36.4 Å². The van der Waals surface area contributed by atoms with Crippen LogP contribution in [0.1, 0.15) is 11.1 Å². The highest BCUT2D eigenvalue weighted by molar-refractivity contribution is 5.49. The molecule has 0 aliphatic rings. The Labute approximate surface area is 110 Å². The molecule has 0 spiro atoms. The summed E-state index contributed by atoms with van der Waals surface area (Å²) in [5, 5.41) is 0. The summed E-state index contributed by atoms with van der Waals surface area (Å²) in [6.45, 7) is 0.572. The van der Waals surface area contributed by atoms with Crippen molar-refractivity contribution in [3.8, 4) is 0 Å². The molecule has 0 N–H and O–H groups in total. The molecule has 0 aliphatic heterocycles. The predicted octanol–water partition coefficient (Wildman–Crippen LogP) is 4.34. The summed E-state index contributed by atoms with van der Waals surface area (Å²) in [5.41, 5.74) is 0.992. The van der Waals surface area contributed by atoms with Crippen molar-refractivity contribution in [3.63, 3.8) is 0 Å². The highest BCUT2D eigenvalue weighted by atomic mass is 19.4. The third kappa shape index (κ3) is 3.50. The summed E-state index contributed by atoms with van der Waals surface area (Å²) >= 11 is 0. The van der Waals surface area contributed by atoms with Gasteiger partial charge in [0.25, 0.3) is 0 Å². The smallest absolute Gasteiger partial charge is 0.370 e. The van der Waals surface area contributed by atoms with Gasteiger partial charge in [0.2, 0.25) is 0 Å². The zero-order chi connectivity index (χ0) is 13.9. The lowest BCUT2D eigenvalue weighted by Crippen LogP contribution is -2.17. The van der Waals surface area contributed by atoms with Gasteiger partial charge in [-0.15, -0.1) is 0 Å². The molecule has 2 aromatic carbocycles. The van der Waals surface area contributed by atoms with Crippen LogP contribution >= 0.6 is 0 Å². The Bertz CT molecular complexity index is 535. The van der Waals surface area contributed by atoms with Gasteiger partial charge in [-0.25, -0.2) is 0 Å². The fourth-order valence-corrected chi connectivity index (χ4v) is 1.87. The number of rotatable bonds is 3. The molecule has 0 saturated heterocycles. The molecule has 2 aromatic rings. The van der Waals surface area contributed by atoms with Gasteiger partial charge in [-0.2, -0.15) is 13.2 Å². The molecule has 19 heavy (non-hydrogen) atoms. The number of hydrogen-bond acceptors (Lipinski definition) is 1. The maximum absolute atomic E-state index is 12.6. The molecule has 0 fully saturated rings. The van der Waals surface area contributed by atoms with Gasteiger partial charge in [-0.05, 0) is 23.8 Å². The van der Waals surface area contributed by atoms with Gasteiger partial charge in [0.1, 0.15) is 0 Å². The van der Waals surface area contributed by atoms with Crippen LogP contribution in [0.4, 0.5) is 18.9 Å². The molecular weight excluding hydrogens is 251 g/mol. The molecule has 0 radical (unpaired) electrons. The van der Waals surface area contributed by atoms with Crippen LogP contribution in [0.15, 0.2) is 54.6 Å². The van der Waals surface area contributed by atoms with Gasteiger partial charge >= 0.3 is 6.18 Å². The SMILES string of the molecule is CN(Cc1ccccc1)c1cccc(C(F)(F)F)c1. The minimum atomic E-state index is -4.30. The highest BCUT2D eigenvalue weighted by Crippen LogP contribution is 2.31. The van der Waals surface area contributed by atoms with E-state index in [9.17, 15) is 13.2 Å². The Morgan fingerprint density at radius 3 is 2.26 bits per heavy atom. The molecular formula is C15H14F3N. The number of anilines is 1. The van der Waals surface area contributed by atoms with Crippen LogP contribution in [0.5, 0.6) is 0 Å². The van der Waals surface area contributed by atoms with Crippen LogP contribution in [-0.4, -0.2) is 7.05 Å². The summed E-state index contributed by atoms with van der Waals surface area (Å²) in [4.78, 5) is 1.80. The minimum Gasteiger partial charge on any atom is -0.370 e. The topological polar surface area (TPSA) is 3.24 Å². The molecule has 4 heteroatoms. The summed E-state index contributed by atoms with van der Waals surface area (Å²) in [5.74, 6) is 0. The van der Waals surface area contributed by atoms with Crippen molar-refractivity contribution in [1.82, 2.24) is 0 Å². The molecule has 2 rings (SSSR count). The Balaban J connectivity index is 2.18. The second-order valence-corrected chi connectivity index (χ2v) is 4.39. The lowest BCUT2D eigenvalue weighted by atomic mass is 10.1. The predicted molar refractivity (Wildman–Crippen MR) is 70.0 cm³/mol. The van der Waals surface area contributed by atoms with Crippen LogP contribution in [0, 0.1) is 0 Å². The average molecular weight is 265 g/mol. The molecule has 0 aromatic heterocycles. The van der Waals surface area contributed by atoms with Crippen molar-refractivity contribution in [2.24, 2.45) is 0 Å². The van der Waals surface area contributed by atoms with E-state index in [1.54, 1.807) is 18.0 Å². The molecule has 0 atom stereocenters. The van der Waals surface area contributed by atoms with E-state index in [1.165, 1.54) is 12.1 Å². The van der Waals surface area contributed by atoms with Crippen molar-refractivity contribution >= 4 is 5.69 Å². The van der Waals surface area contributed by atoms with Crippen molar-refractivity contribution < 1.29 is 13.2 Å². The summed E-state index contributed by atoms with van der Waals surface area (Å²) in [6, 6.07) is 15.0. The lowest BCUT2D eigenvalue weighted by molar-refractivity contribution is -0.137. The standard InChI is InChI=1S/C15H14F3N/c1-19(11-12-6-3-2-4-7-12)14-9-5-8-13(10-14)15(16,17)18/h2-10H,11H2,1H3. The third-order valence-electron chi connectivity index (χ3n) is 2.88. The number of hydrogen-bond donors (Lipinski definition) is 0. The van der Waals surface area contributed by atoms with Crippen molar-refractivity contribution in [2.75, 3.05) is 11.9 Å². The van der Waals surface area contributed by atoms with E-state index in [-0.39, 0.29) is 0 Å². The van der Waals surface area contributed by atoms with Crippen LogP contribution in [-0.2, 0) is 12.7 Å². The quantitative estimate of drug-likeness (QED) is 0.797. The van der Waals surface area contributed by atoms with Crippen molar-refractivity contribution in [1.29, 1.82) is 0 Å². The molecule has 0 bridgehead atoms. The molecule has 0 saturated carbocycles. The minimum absolute atomic E-state index is 0.554. The Morgan fingerprint density at radius 2 is 1.63 bits per heavy atom. The Morgan fingerprint density at radius 1 is 0.947 bits per heavy atom. The van der Waals surface area contributed by atoms with E-state index in [1.807, 2.05) is 30.3 Å². The van der Waals surface area contributed by atoms with E-state index in [2.05, 4.69) is 0 Å². The number of benzene rings is 2. The number of nitrogens with zero attached hydrogens (tertiary/aromatic N) is 1. The van der Waals surface area contributed by atoms with Gasteiger partial charge in [0.05, 0.1) is 5.56 Å². The maximum atomic E-state index is 12.6. The second-order valence-electron chi connectivity index (χ2n) is 4.39. The van der Waals surface area contributed by atoms with Crippen LogP contribution < -0.4 is 4.90 Å². The zero-order valence-electron chi connectivity index (χ0n) is 10.5.